The van der Waals surface area contributed by atoms with Gasteiger partial charge in [-0.15, -0.1) is 0 Å². The first-order valence-electron chi connectivity index (χ1n) is 13.2. The summed E-state index contributed by atoms with van der Waals surface area (Å²) in [6.45, 7) is 3.59. The van der Waals surface area contributed by atoms with Gasteiger partial charge in [0.1, 0.15) is 0 Å². The molecule has 0 saturated carbocycles. The quantitative estimate of drug-likeness (QED) is 0.246. The van der Waals surface area contributed by atoms with Crippen LogP contribution in [0.3, 0.4) is 0 Å². The summed E-state index contributed by atoms with van der Waals surface area (Å²) in [6.07, 6.45) is 0.470. The van der Waals surface area contributed by atoms with Gasteiger partial charge in [-0.05, 0) is 77.9 Å². The van der Waals surface area contributed by atoms with Gasteiger partial charge in [0.05, 0.1) is 33.4 Å². The fourth-order valence-electron chi connectivity index (χ4n) is 5.91. The Labute approximate surface area is 244 Å². The molecule has 0 atom stereocenters. The lowest BCUT2D eigenvalue weighted by Gasteiger charge is -2.16. The van der Waals surface area contributed by atoms with Crippen LogP contribution in [0, 0.1) is 13.8 Å². The molecule has 0 spiro atoms. The summed E-state index contributed by atoms with van der Waals surface area (Å²) < 4.78 is 0. The van der Waals surface area contributed by atoms with E-state index < -0.39 is 35.6 Å². The van der Waals surface area contributed by atoms with Crippen molar-refractivity contribution >= 4 is 35.6 Å². The van der Waals surface area contributed by atoms with E-state index in [0.717, 1.165) is 11.1 Å². The summed E-state index contributed by atoms with van der Waals surface area (Å²) in [7, 11) is 0. The van der Waals surface area contributed by atoms with Crippen LogP contribution in [0.2, 0.25) is 0 Å². The third kappa shape index (κ3) is 4.36. The fourth-order valence-corrected chi connectivity index (χ4v) is 5.91. The van der Waals surface area contributed by atoms with Crippen LogP contribution in [0.1, 0.15) is 84.4 Å². The number of carbonyl (C=O) groups is 6. The van der Waals surface area contributed by atoms with E-state index >= 15 is 0 Å². The van der Waals surface area contributed by atoms with Gasteiger partial charge in [-0.1, -0.05) is 36.4 Å². The van der Waals surface area contributed by atoms with Crippen LogP contribution in [0.4, 0.5) is 0 Å². The SMILES string of the molecule is Cc1cc(Cc2ccc(-c3c(C(=O)O)ccc4c3C(=O)NC4=O)c(C)c2)ccc1-c1c(C(=O)O)ccc2c1C(=O)NC2=O. The molecule has 4 amide bonds. The van der Waals surface area contributed by atoms with Gasteiger partial charge >= 0.3 is 11.9 Å². The molecule has 212 valence electrons. The summed E-state index contributed by atoms with van der Waals surface area (Å²) >= 11 is 0. The molecule has 0 aromatic heterocycles. The Kier molecular flexibility index (Phi) is 6.27. The van der Waals surface area contributed by atoms with E-state index in [0.29, 0.717) is 28.7 Å². The number of fused-ring (bicyclic) bond motifs is 2. The number of benzene rings is 4. The third-order valence-corrected chi connectivity index (χ3v) is 7.80. The minimum Gasteiger partial charge on any atom is -0.478 e. The number of aryl methyl sites for hydroxylation is 2. The minimum atomic E-state index is -1.22. The molecule has 0 saturated heterocycles. The van der Waals surface area contributed by atoms with Gasteiger partial charge in [0.25, 0.3) is 23.6 Å². The van der Waals surface area contributed by atoms with Gasteiger partial charge < -0.3 is 10.2 Å². The molecule has 0 unspecified atom stereocenters. The van der Waals surface area contributed by atoms with Crippen LogP contribution in [0.5, 0.6) is 0 Å². The lowest BCUT2D eigenvalue weighted by atomic mass is 9.87. The summed E-state index contributed by atoms with van der Waals surface area (Å²) in [4.78, 5) is 73.7. The zero-order valence-electron chi connectivity index (χ0n) is 22.8. The molecule has 10 heteroatoms. The van der Waals surface area contributed by atoms with Crippen LogP contribution < -0.4 is 10.6 Å². The number of hydrogen-bond acceptors (Lipinski definition) is 6. The number of carboxylic acid groups (broad SMARTS) is 2. The van der Waals surface area contributed by atoms with Crippen LogP contribution in [-0.4, -0.2) is 45.8 Å². The number of hydrogen-bond donors (Lipinski definition) is 4. The summed E-state index contributed by atoms with van der Waals surface area (Å²) in [6, 6.07) is 16.2. The van der Waals surface area contributed by atoms with Crippen molar-refractivity contribution in [1.29, 1.82) is 0 Å². The van der Waals surface area contributed by atoms with Gasteiger partial charge in [0.2, 0.25) is 0 Å². The first-order chi connectivity index (χ1) is 20.5. The van der Waals surface area contributed by atoms with E-state index in [1.165, 1.54) is 24.3 Å². The zero-order valence-corrected chi connectivity index (χ0v) is 22.8. The second kappa shape index (κ2) is 9.88. The molecule has 0 fully saturated rings. The molecule has 0 aliphatic carbocycles. The van der Waals surface area contributed by atoms with Gasteiger partial charge in [-0.2, -0.15) is 0 Å². The molecule has 4 aromatic rings. The highest BCUT2D eigenvalue weighted by Gasteiger charge is 2.34. The summed E-state index contributed by atoms with van der Waals surface area (Å²) in [5.74, 6) is -4.88. The lowest BCUT2D eigenvalue weighted by molar-refractivity contribution is 0.0686. The van der Waals surface area contributed by atoms with Crippen LogP contribution >= 0.6 is 0 Å². The smallest absolute Gasteiger partial charge is 0.336 e. The molecule has 0 bridgehead atoms. The number of aromatic carboxylic acids is 2. The van der Waals surface area contributed by atoms with Gasteiger partial charge in [-0.3, -0.25) is 29.8 Å². The Hall–Kier alpha value is -5.90. The van der Waals surface area contributed by atoms with Crippen molar-refractivity contribution in [3.63, 3.8) is 0 Å². The van der Waals surface area contributed by atoms with Crippen molar-refractivity contribution in [3.05, 3.63) is 116 Å². The molecule has 10 nitrogen and oxygen atoms in total. The Morgan fingerprint density at radius 3 is 1.26 bits per heavy atom. The normalized spacial score (nSPS) is 13.4. The molecule has 6 rings (SSSR count). The molecule has 4 N–H and O–H groups in total. The first-order valence-corrected chi connectivity index (χ1v) is 13.2. The zero-order chi connectivity index (χ0) is 30.7. The Bertz CT molecular complexity index is 1860. The Morgan fingerprint density at radius 2 is 0.907 bits per heavy atom. The van der Waals surface area contributed by atoms with Crippen molar-refractivity contribution < 1.29 is 39.0 Å². The second-order valence-corrected chi connectivity index (χ2v) is 10.5. The van der Waals surface area contributed by atoms with Gasteiger partial charge in [0.15, 0.2) is 0 Å². The van der Waals surface area contributed by atoms with Crippen LogP contribution in [0.25, 0.3) is 22.3 Å². The largest absolute Gasteiger partial charge is 0.478 e. The topological polar surface area (TPSA) is 167 Å². The highest BCUT2D eigenvalue weighted by molar-refractivity contribution is 6.26. The molecular formula is C33H22N2O8. The van der Waals surface area contributed by atoms with E-state index in [1.54, 1.807) is 26.0 Å². The monoisotopic (exact) mass is 574 g/mol. The number of rotatable bonds is 6. The first kappa shape index (κ1) is 27.3. The average molecular weight is 575 g/mol. The molecule has 0 radical (unpaired) electrons. The molecule has 2 aliphatic heterocycles. The highest BCUT2D eigenvalue weighted by atomic mass is 16.4. The number of imide groups is 2. The summed E-state index contributed by atoms with van der Waals surface area (Å²) in [5.41, 5.74) is 4.73. The summed E-state index contributed by atoms with van der Waals surface area (Å²) in [5, 5.41) is 24.1. The number of carbonyl (C=O) groups excluding carboxylic acids is 4. The van der Waals surface area contributed by atoms with Crippen molar-refractivity contribution in [2.24, 2.45) is 0 Å². The van der Waals surface area contributed by atoms with E-state index in [2.05, 4.69) is 10.6 Å². The second-order valence-electron chi connectivity index (χ2n) is 10.5. The minimum absolute atomic E-state index is 0.0375. The Morgan fingerprint density at radius 1 is 0.535 bits per heavy atom. The van der Waals surface area contributed by atoms with Crippen molar-refractivity contribution in [2.75, 3.05) is 0 Å². The number of amides is 4. The van der Waals surface area contributed by atoms with Crippen LogP contribution in [0.15, 0.2) is 60.7 Å². The van der Waals surface area contributed by atoms with Gasteiger partial charge in [-0.25, -0.2) is 9.59 Å². The third-order valence-electron chi connectivity index (χ3n) is 7.80. The lowest BCUT2D eigenvalue weighted by Crippen LogP contribution is -2.20. The van der Waals surface area contributed by atoms with Crippen molar-refractivity contribution in [2.45, 2.75) is 20.3 Å². The number of carboxylic acids is 2. The maximum absolute atomic E-state index is 12.6. The molecule has 43 heavy (non-hydrogen) atoms. The maximum atomic E-state index is 12.6. The average Bonchev–Trinajstić information content (AvgIpc) is 3.41. The van der Waals surface area contributed by atoms with E-state index in [-0.39, 0.29) is 44.5 Å². The van der Waals surface area contributed by atoms with E-state index in [4.69, 9.17) is 0 Å². The standard InChI is InChI=1S/C33H22N2O8/c1-14-11-16(3-5-18(14)24-22(32(40)41)9-7-20-26(24)30(38)34-28(20)36)13-17-4-6-19(15(2)12-17)25-23(33(42)43)10-8-21-27(25)31(39)35-29(21)37/h3-12H,13H2,1-2H3,(H,40,41)(H,42,43)(H,34,36,38)(H,35,37,39). The van der Waals surface area contributed by atoms with Gasteiger partial charge in [0, 0.05) is 11.1 Å². The molecule has 2 aliphatic rings. The highest BCUT2D eigenvalue weighted by Crippen LogP contribution is 2.37. The van der Waals surface area contributed by atoms with E-state index in [1.807, 2.05) is 24.3 Å². The predicted molar refractivity (Wildman–Crippen MR) is 154 cm³/mol. The van der Waals surface area contributed by atoms with Crippen molar-refractivity contribution in [3.8, 4) is 22.3 Å². The maximum Gasteiger partial charge on any atom is 0.336 e. The van der Waals surface area contributed by atoms with E-state index in [9.17, 15) is 39.0 Å². The molecular weight excluding hydrogens is 552 g/mol. The molecule has 4 aromatic carbocycles. The van der Waals surface area contributed by atoms with Crippen molar-refractivity contribution in [1.82, 2.24) is 10.6 Å². The molecule has 2 heterocycles. The Balaban J connectivity index is 1.37. The predicted octanol–water partition coefficient (Wildman–Crippen LogP) is 4.39. The fraction of sp³-hybridized carbons (Fsp3) is 0.0909. The number of nitrogens with one attached hydrogen (secondary N) is 2. The van der Waals surface area contributed by atoms with Crippen LogP contribution in [-0.2, 0) is 6.42 Å².